The Kier molecular flexibility index (Phi) is 7.78. The third-order valence-corrected chi connectivity index (χ3v) is 6.07. The van der Waals surface area contributed by atoms with Gasteiger partial charge in [-0.25, -0.2) is 9.59 Å². The van der Waals surface area contributed by atoms with Gasteiger partial charge < -0.3 is 24.0 Å². The minimum atomic E-state index is -0.897. The lowest BCUT2D eigenvalue weighted by Gasteiger charge is -2.33. The van der Waals surface area contributed by atoms with Crippen LogP contribution in [-0.2, 0) is 30.3 Å². The Hall–Kier alpha value is -3.17. The van der Waals surface area contributed by atoms with Crippen LogP contribution in [0.2, 0.25) is 0 Å². The predicted octanol–water partition coefficient (Wildman–Crippen LogP) is 2.65. The first-order chi connectivity index (χ1) is 16.0. The minimum Gasteiger partial charge on any atom is -0.469 e. The quantitative estimate of drug-likeness (QED) is 0.456. The molecular formula is C24H33N3O7. The number of esters is 2. The van der Waals surface area contributed by atoms with Crippen LogP contribution in [0.25, 0.3) is 0 Å². The van der Waals surface area contributed by atoms with E-state index in [2.05, 4.69) is 4.74 Å². The standard InChI is InChI=1S/C24H33N3O7/c1-24(2,3)34-23(31)26-12-10-15(11-13-26)17-7-6-16-18(25-17)14-27(21(16)29)19(22(30)33-5)8-9-20(28)32-4/h6-7,15,19H,8-14H2,1-5H3. The van der Waals surface area contributed by atoms with Crippen molar-refractivity contribution in [3.05, 3.63) is 29.1 Å². The van der Waals surface area contributed by atoms with Crippen molar-refractivity contribution < 1.29 is 33.4 Å². The van der Waals surface area contributed by atoms with Crippen molar-refractivity contribution in [2.45, 2.75) is 70.6 Å². The van der Waals surface area contributed by atoms with E-state index >= 15 is 0 Å². The fourth-order valence-corrected chi connectivity index (χ4v) is 4.28. The average molecular weight is 476 g/mol. The highest BCUT2D eigenvalue weighted by Gasteiger charge is 2.38. The fourth-order valence-electron chi connectivity index (χ4n) is 4.28. The van der Waals surface area contributed by atoms with Crippen LogP contribution in [-0.4, -0.2) is 77.7 Å². The van der Waals surface area contributed by atoms with Gasteiger partial charge in [0.25, 0.3) is 5.91 Å². The van der Waals surface area contributed by atoms with Crippen molar-refractivity contribution in [3.63, 3.8) is 0 Å². The van der Waals surface area contributed by atoms with E-state index < -0.39 is 23.6 Å². The molecule has 0 spiro atoms. The van der Waals surface area contributed by atoms with Crippen LogP contribution >= 0.6 is 0 Å². The molecule has 10 heteroatoms. The molecular weight excluding hydrogens is 442 g/mol. The summed E-state index contributed by atoms with van der Waals surface area (Å²) in [5.41, 5.74) is 1.37. The highest BCUT2D eigenvalue weighted by molar-refractivity contribution is 6.00. The topological polar surface area (TPSA) is 115 Å². The SMILES string of the molecule is COC(=O)CCC(C(=O)OC)N1Cc2nc(C3CCN(C(=O)OC(C)(C)C)CC3)ccc2C1=O. The van der Waals surface area contributed by atoms with Gasteiger partial charge in [0.05, 0.1) is 32.0 Å². The molecule has 0 saturated carbocycles. The van der Waals surface area contributed by atoms with Crippen molar-refractivity contribution >= 4 is 23.9 Å². The summed E-state index contributed by atoms with van der Waals surface area (Å²) in [6.45, 7) is 6.84. The van der Waals surface area contributed by atoms with E-state index in [-0.39, 0.29) is 37.3 Å². The first kappa shape index (κ1) is 25.5. The van der Waals surface area contributed by atoms with Gasteiger partial charge in [-0.15, -0.1) is 0 Å². The largest absolute Gasteiger partial charge is 0.469 e. The fraction of sp³-hybridized carbons (Fsp3) is 0.625. The number of hydrogen-bond acceptors (Lipinski definition) is 8. The Morgan fingerprint density at radius 1 is 1.12 bits per heavy atom. The predicted molar refractivity (Wildman–Crippen MR) is 121 cm³/mol. The third kappa shape index (κ3) is 5.84. The van der Waals surface area contributed by atoms with E-state index in [4.69, 9.17) is 14.5 Å². The second-order valence-corrected chi connectivity index (χ2v) is 9.56. The maximum absolute atomic E-state index is 13.0. The van der Waals surface area contributed by atoms with E-state index in [9.17, 15) is 19.2 Å². The van der Waals surface area contributed by atoms with Gasteiger partial charge in [-0.3, -0.25) is 14.6 Å². The van der Waals surface area contributed by atoms with E-state index in [1.165, 1.54) is 19.1 Å². The summed E-state index contributed by atoms with van der Waals surface area (Å²) >= 11 is 0. The van der Waals surface area contributed by atoms with E-state index in [1.807, 2.05) is 26.8 Å². The molecule has 34 heavy (non-hydrogen) atoms. The summed E-state index contributed by atoms with van der Waals surface area (Å²) in [5.74, 6) is -1.20. The third-order valence-electron chi connectivity index (χ3n) is 6.07. The highest BCUT2D eigenvalue weighted by Crippen LogP contribution is 2.31. The molecule has 0 bridgehead atoms. The number of ether oxygens (including phenoxy) is 3. The summed E-state index contributed by atoms with van der Waals surface area (Å²) in [4.78, 5) is 57.1. The number of methoxy groups -OCH3 is 2. The van der Waals surface area contributed by atoms with Crippen LogP contribution in [0.3, 0.4) is 0 Å². The zero-order valence-electron chi connectivity index (χ0n) is 20.5. The Bertz CT molecular complexity index is 948. The van der Waals surface area contributed by atoms with Crippen molar-refractivity contribution in [1.29, 1.82) is 0 Å². The zero-order chi connectivity index (χ0) is 25.0. The smallest absolute Gasteiger partial charge is 0.410 e. The highest BCUT2D eigenvalue weighted by atomic mass is 16.6. The average Bonchev–Trinajstić information content (AvgIpc) is 3.13. The molecule has 0 N–H and O–H groups in total. The van der Waals surface area contributed by atoms with E-state index in [1.54, 1.807) is 11.0 Å². The van der Waals surface area contributed by atoms with Gasteiger partial charge >= 0.3 is 18.0 Å². The molecule has 2 aliphatic rings. The molecule has 0 aliphatic carbocycles. The summed E-state index contributed by atoms with van der Waals surface area (Å²) in [6, 6.07) is 2.69. The Balaban J connectivity index is 1.67. The first-order valence-corrected chi connectivity index (χ1v) is 11.5. The number of pyridine rings is 1. The van der Waals surface area contributed by atoms with Crippen molar-refractivity contribution in [2.75, 3.05) is 27.3 Å². The Morgan fingerprint density at radius 3 is 2.38 bits per heavy atom. The number of rotatable bonds is 6. The number of amides is 2. The lowest BCUT2D eigenvalue weighted by Crippen LogP contribution is -2.42. The van der Waals surface area contributed by atoms with Crippen LogP contribution in [0.5, 0.6) is 0 Å². The molecule has 2 amide bonds. The number of carbonyl (C=O) groups is 4. The van der Waals surface area contributed by atoms with Crippen molar-refractivity contribution in [1.82, 2.24) is 14.8 Å². The van der Waals surface area contributed by atoms with Gasteiger partial charge in [-0.1, -0.05) is 0 Å². The van der Waals surface area contributed by atoms with Crippen LogP contribution in [0.4, 0.5) is 4.79 Å². The molecule has 1 fully saturated rings. The van der Waals surface area contributed by atoms with Crippen LogP contribution in [0.1, 0.15) is 74.1 Å². The molecule has 1 unspecified atom stereocenters. The van der Waals surface area contributed by atoms with Gasteiger partial charge in [0.1, 0.15) is 11.6 Å². The zero-order valence-corrected chi connectivity index (χ0v) is 20.5. The minimum absolute atomic E-state index is 0.00864. The van der Waals surface area contributed by atoms with Crippen molar-refractivity contribution in [2.24, 2.45) is 0 Å². The Morgan fingerprint density at radius 2 is 1.79 bits per heavy atom. The molecule has 0 aromatic carbocycles. The molecule has 1 aromatic heterocycles. The summed E-state index contributed by atoms with van der Waals surface area (Å²) in [7, 11) is 2.52. The monoisotopic (exact) mass is 475 g/mol. The molecule has 186 valence electrons. The van der Waals surface area contributed by atoms with Gasteiger partial charge in [-0.2, -0.15) is 0 Å². The molecule has 0 radical (unpaired) electrons. The van der Waals surface area contributed by atoms with E-state index in [0.29, 0.717) is 24.3 Å². The lowest BCUT2D eigenvalue weighted by molar-refractivity contribution is -0.147. The lowest BCUT2D eigenvalue weighted by atomic mass is 9.92. The number of fused-ring (bicyclic) bond motifs is 1. The van der Waals surface area contributed by atoms with Crippen LogP contribution in [0, 0.1) is 0 Å². The summed E-state index contributed by atoms with van der Waals surface area (Å²) < 4.78 is 15.0. The molecule has 3 rings (SSSR count). The van der Waals surface area contributed by atoms with Gasteiger partial charge in [0.2, 0.25) is 0 Å². The molecule has 1 saturated heterocycles. The first-order valence-electron chi connectivity index (χ1n) is 11.5. The number of likely N-dealkylation sites (tertiary alicyclic amines) is 1. The number of carbonyl (C=O) groups excluding carboxylic acids is 4. The maximum Gasteiger partial charge on any atom is 0.410 e. The second kappa shape index (κ2) is 10.4. The molecule has 3 heterocycles. The van der Waals surface area contributed by atoms with E-state index in [0.717, 1.165) is 18.5 Å². The van der Waals surface area contributed by atoms with Crippen molar-refractivity contribution in [3.8, 4) is 0 Å². The molecule has 10 nitrogen and oxygen atoms in total. The molecule has 1 aromatic rings. The normalized spacial score (nSPS) is 17.3. The van der Waals surface area contributed by atoms with Gasteiger partial charge in [0.15, 0.2) is 0 Å². The maximum atomic E-state index is 13.0. The van der Waals surface area contributed by atoms with Crippen LogP contribution in [0.15, 0.2) is 12.1 Å². The summed E-state index contributed by atoms with van der Waals surface area (Å²) in [6.07, 6.45) is 1.27. The number of hydrogen-bond donors (Lipinski definition) is 0. The number of piperidine rings is 1. The number of nitrogens with zero attached hydrogens (tertiary/aromatic N) is 3. The Labute approximate surface area is 199 Å². The molecule has 1 atom stereocenters. The summed E-state index contributed by atoms with van der Waals surface area (Å²) in [5, 5.41) is 0. The van der Waals surface area contributed by atoms with Crippen LogP contribution < -0.4 is 0 Å². The van der Waals surface area contributed by atoms with Gasteiger partial charge in [0, 0.05) is 31.1 Å². The number of aromatic nitrogens is 1. The molecule has 2 aliphatic heterocycles. The second-order valence-electron chi connectivity index (χ2n) is 9.56. The van der Waals surface area contributed by atoms with Gasteiger partial charge in [-0.05, 0) is 52.2 Å².